The molecule has 0 spiro atoms. The lowest BCUT2D eigenvalue weighted by atomic mass is 10.2. The van der Waals surface area contributed by atoms with Crippen molar-refractivity contribution in [1.29, 1.82) is 0 Å². The summed E-state index contributed by atoms with van der Waals surface area (Å²) in [7, 11) is 0. The second-order valence-corrected chi connectivity index (χ2v) is 3.80. The molecule has 0 unspecified atom stereocenters. The number of halogens is 2. The van der Waals surface area contributed by atoms with Gasteiger partial charge in [0.2, 0.25) is 0 Å². The third kappa shape index (κ3) is 2.85. The summed E-state index contributed by atoms with van der Waals surface area (Å²) in [5.74, 6) is -0.232. The molecule has 5 heteroatoms. The third-order valence-corrected chi connectivity index (χ3v) is 2.47. The molecule has 3 nitrogen and oxygen atoms in total. The van der Waals surface area contributed by atoms with Gasteiger partial charge in [-0.2, -0.15) is 0 Å². The van der Waals surface area contributed by atoms with Crippen molar-refractivity contribution in [3.8, 4) is 0 Å². The Bertz CT molecular complexity index is 525. The van der Waals surface area contributed by atoms with Crippen LogP contribution in [0.15, 0.2) is 41.0 Å². The van der Waals surface area contributed by atoms with E-state index < -0.39 is 5.82 Å². The number of hydrogen-bond donors (Lipinski definition) is 1. The molecule has 1 N–H and O–H groups in total. The van der Waals surface area contributed by atoms with Gasteiger partial charge in [-0.1, -0.05) is 11.6 Å². The predicted octanol–water partition coefficient (Wildman–Crippen LogP) is 3.00. The number of nitrogens with one attached hydrogen (secondary N) is 1. The van der Waals surface area contributed by atoms with E-state index in [9.17, 15) is 9.18 Å². The van der Waals surface area contributed by atoms with E-state index in [0.717, 1.165) is 6.07 Å². The van der Waals surface area contributed by atoms with Crippen molar-refractivity contribution in [1.82, 2.24) is 5.32 Å². The lowest BCUT2D eigenvalue weighted by Crippen LogP contribution is -2.22. The molecule has 0 aliphatic heterocycles. The van der Waals surface area contributed by atoms with Crippen LogP contribution >= 0.6 is 11.6 Å². The Balaban J connectivity index is 2.02. The summed E-state index contributed by atoms with van der Waals surface area (Å²) in [5, 5.41) is 2.56. The van der Waals surface area contributed by atoms with Gasteiger partial charge in [-0.25, -0.2) is 4.39 Å². The molecular weight excluding hydrogens is 245 g/mol. The van der Waals surface area contributed by atoms with Gasteiger partial charge in [-0.05, 0) is 30.3 Å². The smallest absolute Gasteiger partial charge is 0.251 e. The SMILES string of the molecule is O=C(NCc1ccco1)c1ccc(F)c(Cl)c1. The molecule has 0 radical (unpaired) electrons. The highest BCUT2D eigenvalue weighted by Crippen LogP contribution is 2.16. The zero-order chi connectivity index (χ0) is 12.3. The largest absolute Gasteiger partial charge is 0.467 e. The number of hydrogen-bond acceptors (Lipinski definition) is 2. The highest BCUT2D eigenvalue weighted by Gasteiger charge is 2.08. The molecule has 0 aliphatic carbocycles. The van der Waals surface area contributed by atoms with Crippen molar-refractivity contribution in [2.24, 2.45) is 0 Å². The van der Waals surface area contributed by atoms with E-state index in [1.165, 1.54) is 18.4 Å². The van der Waals surface area contributed by atoms with Gasteiger partial charge in [0, 0.05) is 5.56 Å². The van der Waals surface area contributed by atoms with Gasteiger partial charge in [0.1, 0.15) is 11.6 Å². The maximum atomic E-state index is 12.9. The molecule has 1 aromatic heterocycles. The quantitative estimate of drug-likeness (QED) is 0.914. The Kier molecular flexibility index (Phi) is 3.44. The molecule has 0 atom stereocenters. The molecule has 1 aromatic carbocycles. The molecule has 0 bridgehead atoms. The molecule has 17 heavy (non-hydrogen) atoms. The number of furan rings is 1. The number of carbonyl (C=O) groups excluding carboxylic acids is 1. The van der Waals surface area contributed by atoms with Gasteiger partial charge in [-0.3, -0.25) is 4.79 Å². The third-order valence-electron chi connectivity index (χ3n) is 2.19. The van der Waals surface area contributed by atoms with E-state index in [2.05, 4.69) is 5.32 Å². The Labute approximate surface area is 102 Å². The Hall–Kier alpha value is -1.81. The van der Waals surface area contributed by atoms with Crippen molar-refractivity contribution in [2.75, 3.05) is 0 Å². The molecule has 0 fully saturated rings. The molecule has 2 rings (SSSR count). The first kappa shape index (κ1) is 11.7. The fraction of sp³-hybridized carbons (Fsp3) is 0.0833. The van der Waals surface area contributed by atoms with Crippen LogP contribution in [0.4, 0.5) is 4.39 Å². The number of benzene rings is 1. The zero-order valence-electron chi connectivity index (χ0n) is 8.74. The maximum Gasteiger partial charge on any atom is 0.251 e. The Morgan fingerprint density at radius 2 is 2.24 bits per heavy atom. The van der Waals surface area contributed by atoms with Crippen LogP contribution in [0.5, 0.6) is 0 Å². The summed E-state index contributed by atoms with van der Waals surface area (Å²) in [5.41, 5.74) is 0.308. The standard InChI is InChI=1S/C12H9ClFNO2/c13-10-6-8(3-4-11(10)14)12(16)15-7-9-2-1-5-17-9/h1-6H,7H2,(H,15,16). The topological polar surface area (TPSA) is 42.2 Å². The first-order valence-corrected chi connectivity index (χ1v) is 5.30. The van der Waals surface area contributed by atoms with Crippen molar-refractivity contribution < 1.29 is 13.6 Å². The van der Waals surface area contributed by atoms with Gasteiger partial charge < -0.3 is 9.73 Å². The molecule has 0 aliphatic rings. The van der Waals surface area contributed by atoms with Crippen LogP contribution < -0.4 is 5.32 Å². The average molecular weight is 254 g/mol. The van der Waals surface area contributed by atoms with Crippen LogP contribution in [0.25, 0.3) is 0 Å². The van der Waals surface area contributed by atoms with Crippen LogP contribution in [0.2, 0.25) is 5.02 Å². The van der Waals surface area contributed by atoms with E-state index in [-0.39, 0.29) is 17.5 Å². The lowest BCUT2D eigenvalue weighted by molar-refractivity contribution is 0.0948. The monoisotopic (exact) mass is 253 g/mol. The first-order chi connectivity index (χ1) is 8.16. The maximum absolute atomic E-state index is 12.9. The van der Waals surface area contributed by atoms with Gasteiger partial charge in [0.05, 0.1) is 17.8 Å². The van der Waals surface area contributed by atoms with Crippen molar-refractivity contribution >= 4 is 17.5 Å². The van der Waals surface area contributed by atoms with Gasteiger partial charge in [-0.15, -0.1) is 0 Å². The Morgan fingerprint density at radius 3 is 2.88 bits per heavy atom. The van der Waals surface area contributed by atoms with E-state index in [0.29, 0.717) is 11.3 Å². The fourth-order valence-electron chi connectivity index (χ4n) is 1.32. The van der Waals surface area contributed by atoms with Gasteiger partial charge in [0.25, 0.3) is 5.91 Å². The molecule has 1 heterocycles. The van der Waals surface area contributed by atoms with Crippen LogP contribution in [-0.4, -0.2) is 5.91 Å². The minimum absolute atomic E-state index is 0.0735. The summed E-state index contributed by atoms with van der Waals surface area (Å²) in [6.45, 7) is 0.279. The Morgan fingerprint density at radius 1 is 1.41 bits per heavy atom. The summed E-state index contributed by atoms with van der Waals surface area (Å²) in [4.78, 5) is 11.7. The summed E-state index contributed by atoms with van der Waals surface area (Å²) >= 11 is 5.58. The fourth-order valence-corrected chi connectivity index (χ4v) is 1.50. The molecule has 2 aromatic rings. The molecular formula is C12H9ClFNO2. The van der Waals surface area contributed by atoms with E-state index in [4.69, 9.17) is 16.0 Å². The lowest BCUT2D eigenvalue weighted by Gasteiger charge is -2.04. The van der Waals surface area contributed by atoms with E-state index in [1.807, 2.05) is 0 Å². The van der Waals surface area contributed by atoms with E-state index in [1.54, 1.807) is 12.1 Å². The number of amides is 1. The zero-order valence-corrected chi connectivity index (χ0v) is 9.50. The van der Waals surface area contributed by atoms with E-state index >= 15 is 0 Å². The molecule has 0 saturated carbocycles. The van der Waals surface area contributed by atoms with Crippen molar-refractivity contribution in [2.45, 2.75) is 6.54 Å². The predicted molar refractivity (Wildman–Crippen MR) is 61.3 cm³/mol. The van der Waals surface area contributed by atoms with Crippen LogP contribution in [0.3, 0.4) is 0 Å². The first-order valence-electron chi connectivity index (χ1n) is 4.92. The molecule has 88 valence electrons. The van der Waals surface area contributed by atoms with Crippen LogP contribution in [0.1, 0.15) is 16.1 Å². The average Bonchev–Trinajstić information content (AvgIpc) is 2.82. The minimum Gasteiger partial charge on any atom is -0.467 e. The summed E-state index contributed by atoms with van der Waals surface area (Å²) < 4.78 is 18.0. The normalized spacial score (nSPS) is 10.2. The van der Waals surface area contributed by atoms with Crippen LogP contribution in [0, 0.1) is 5.82 Å². The highest BCUT2D eigenvalue weighted by molar-refractivity contribution is 6.31. The van der Waals surface area contributed by atoms with Gasteiger partial charge >= 0.3 is 0 Å². The summed E-state index contributed by atoms with van der Waals surface area (Å²) in [6.07, 6.45) is 1.52. The van der Waals surface area contributed by atoms with Crippen molar-refractivity contribution in [3.63, 3.8) is 0 Å². The minimum atomic E-state index is -0.547. The second kappa shape index (κ2) is 5.01. The number of rotatable bonds is 3. The van der Waals surface area contributed by atoms with Crippen molar-refractivity contribution in [3.05, 3.63) is 58.8 Å². The second-order valence-electron chi connectivity index (χ2n) is 3.39. The molecule has 0 saturated heterocycles. The van der Waals surface area contributed by atoms with Crippen LogP contribution in [-0.2, 0) is 6.54 Å². The van der Waals surface area contributed by atoms with Gasteiger partial charge in [0.15, 0.2) is 0 Å². The molecule has 1 amide bonds. The summed E-state index contributed by atoms with van der Waals surface area (Å²) in [6, 6.07) is 7.30. The number of carbonyl (C=O) groups is 1. The highest BCUT2D eigenvalue weighted by atomic mass is 35.5.